The summed E-state index contributed by atoms with van der Waals surface area (Å²) in [5.41, 5.74) is 2.22. The van der Waals surface area contributed by atoms with Crippen LogP contribution >= 0.6 is 23.2 Å². The number of halogens is 2. The van der Waals surface area contributed by atoms with Crippen LogP contribution in [0, 0.1) is 6.92 Å². The van der Waals surface area contributed by atoms with Gasteiger partial charge in [0.1, 0.15) is 6.04 Å². The van der Waals surface area contributed by atoms with Crippen molar-refractivity contribution in [2.45, 2.75) is 59.2 Å². The number of aryl methyl sites for hydroxylation is 1. The summed E-state index contributed by atoms with van der Waals surface area (Å²) in [5.74, 6) is -0.536. The Labute approximate surface area is 218 Å². The molecular weight excluding hydrogens is 509 g/mol. The van der Waals surface area contributed by atoms with Crippen molar-refractivity contribution < 1.29 is 18.0 Å². The lowest BCUT2D eigenvalue weighted by atomic mass is 10.1. The predicted molar refractivity (Wildman–Crippen MR) is 142 cm³/mol. The highest BCUT2D eigenvalue weighted by Crippen LogP contribution is 2.24. The number of carbonyl (C=O) groups is 2. The van der Waals surface area contributed by atoms with Gasteiger partial charge in [-0.15, -0.1) is 0 Å². The fraction of sp³-hybridized carbons (Fsp3) is 0.440. The van der Waals surface area contributed by atoms with Crippen molar-refractivity contribution in [3.8, 4) is 0 Å². The van der Waals surface area contributed by atoms with Crippen LogP contribution in [0.3, 0.4) is 0 Å². The molecule has 192 valence electrons. The minimum Gasteiger partial charge on any atom is -0.352 e. The van der Waals surface area contributed by atoms with E-state index in [-0.39, 0.29) is 43.8 Å². The number of nitrogens with one attached hydrogen (secondary N) is 1. The summed E-state index contributed by atoms with van der Waals surface area (Å²) in [6.45, 7) is 7.56. The van der Waals surface area contributed by atoms with Crippen molar-refractivity contribution in [2.75, 3.05) is 17.1 Å². The van der Waals surface area contributed by atoms with Gasteiger partial charge in [-0.2, -0.15) is 0 Å². The molecule has 2 rings (SSSR count). The van der Waals surface area contributed by atoms with Crippen molar-refractivity contribution in [3.63, 3.8) is 0 Å². The molecule has 0 heterocycles. The number of hydrogen-bond acceptors (Lipinski definition) is 4. The minimum absolute atomic E-state index is 0.0679. The molecule has 1 N–H and O–H groups in total. The number of sulfonamides is 1. The second-order valence-electron chi connectivity index (χ2n) is 8.89. The Hall–Kier alpha value is -2.29. The normalized spacial score (nSPS) is 12.3. The first-order valence-corrected chi connectivity index (χ1v) is 14.0. The van der Waals surface area contributed by atoms with Crippen LogP contribution in [-0.4, -0.2) is 50.0 Å². The number of anilines is 1. The molecular formula is C25H33Cl2N3O4S. The highest BCUT2D eigenvalue weighted by molar-refractivity contribution is 7.92. The largest absolute Gasteiger partial charge is 0.352 e. The molecule has 35 heavy (non-hydrogen) atoms. The summed E-state index contributed by atoms with van der Waals surface area (Å²) in [5, 5.41) is 3.60. The zero-order valence-corrected chi connectivity index (χ0v) is 23.0. The van der Waals surface area contributed by atoms with Gasteiger partial charge < -0.3 is 10.2 Å². The molecule has 0 saturated carbocycles. The molecule has 7 nitrogen and oxygen atoms in total. The lowest BCUT2D eigenvalue weighted by molar-refractivity contribution is -0.140. The fourth-order valence-corrected chi connectivity index (χ4v) is 4.89. The standard InChI is InChI=1S/C25H33Cl2N3O4S/c1-17(2)28-25(32)19(4)29(16-20-11-12-22(26)23(27)15-20)24(31)10-7-13-30(35(5,33)34)21-9-6-8-18(3)14-21/h6,8-9,11-12,14-15,17,19H,7,10,13,16H2,1-5H3,(H,28,32)/t19-/m0/s1. The van der Waals surface area contributed by atoms with Crippen molar-refractivity contribution in [2.24, 2.45) is 0 Å². The van der Waals surface area contributed by atoms with E-state index in [4.69, 9.17) is 23.2 Å². The minimum atomic E-state index is -3.54. The van der Waals surface area contributed by atoms with Crippen molar-refractivity contribution >= 4 is 50.7 Å². The third kappa shape index (κ3) is 8.70. The van der Waals surface area contributed by atoms with E-state index >= 15 is 0 Å². The van der Waals surface area contributed by atoms with Crippen LogP contribution in [0.5, 0.6) is 0 Å². The van der Waals surface area contributed by atoms with E-state index in [0.717, 1.165) is 17.4 Å². The van der Waals surface area contributed by atoms with Crippen LogP contribution in [0.1, 0.15) is 44.7 Å². The molecule has 0 fully saturated rings. The van der Waals surface area contributed by atoms with E-state index in [1.165, 1.54) is 9.21 Å². The van der Waals surface area contributed by atoms with Gasteiger partial charge in [0.25, 0.3) is 0 Å². The lowest BCUT2D eigenvalue weighted by Crippen LogP contribution is -2.49. The Morgan fingerprint density at radius 3 is 2.29 bits per heavy atom. The lowest BCUT2D eigenvalue weighted by Gasteiger charge is -2.30. The summed E-state index contributed by atoms with van der Waals surface area (Å²) in [6, 6.07) is 11.5. The Morgan fingerprint density at radius 1 is 1.03 bits per heavy atom. The zero-order chi connectivity index (χ0) is 26.3. The summed E-state index contributed by atoms with van der Waals surface area (Å²) in [7, 11) is -3.54. The van der Waals surface area contributed by atoms with Gasteiger partial charge in [-0.3, -0.25) is 13.9 Å². The summed E-state index contributed by atoms with van der Waals surface area (Å²) < 4.78 is 26.1. The molecule has 0 aliphatic heterocycles. The highest BCUT2D eigenvalue weighted by Gasteiger charge is 2.27. The maximum absolute atomic E-state index is 13.3. The first-order valence-electron chi connectivity index (χ1n) is 11.4. The number of nitrogens with zero attached hydrogens (tertiary/aromatic N) is 2. The number of rotatable bonds is 11. The SMILES string of the molecule is Cc1cccc(N(CCCC(=O)N(Cc2ccc(Cl)c(Cl)c2)[C@@H](C)C(=O)NC(C)C)S(C)(=O)=O)c1. The maximum atomic E-state index is 13.3. The van der Waals surface area contributed by atoms with Gasteiger partial charge >= 0.3 is 0 Å². The molecule has 2 amide bonds. The molecule has 2 aromatic carbocycles. The first-order chi connectivity index (χ1) is 16.3. The first kappa shape index (κ1) is 28.9. The van der Waals surface area contributed by atoms with Gasteiger partial charge in [0.2, 0.25) is 21.8 Å². The Morgan fingerprint density at radius 2 is 1.71 bits per heavy atom. The maximum Gasteiger partial charge on any atom is 0.242 e. The van der Waals surface area contributed by atoms with Crippen LogP contribution in [0.2, 0.25) is 10.0 Å². The van der Waals surface area contributed by atoms with E-state index in [1.807, 2.05) is 26.8 Å². The zero-order valence-electron chi connectivity index (χ0n) is 20.7. The van der Waals surface area contributed by atoms with Gasteiger partial charge in [0.15, 0.2) is 0 Å². The second-order valence-corrected chi connectivity index (χ2v) is 11.6. The van der Waals surface area contributed by atoms with Gasteiger partial charge in [0, 0.05) is 25.6 Å². The monoisotopic (exact) mass is 541 g/mol. The van der Waals surface area contributed by atoms with Crippen LogP contribution < -0.4 is 9.62 Å². The quantitative estimate of drug-likeness (QED) is 0.443. The smallest absolute Gasteiger partial charge is 0.242 e. The molecule has 0 spiro atoms. The molecule has 0 aliphatic rings. The Kier molecular flexibility index (Phi) is 10.4. The van der Waals surface area contributed by atoms with Crippen LogP contribution in [0.25, 0.3) is 0 Å². The average Bonchev–Trinajstić information content (AvgIpc) is 2.75. The van der Waals surface area contributed by atoms with Crippen LogP contribution in [0.15, 0.2) is 42.5 Å². The van der Waals surface area contributed by atoms with Gasteiger partial charge in [-0.05, 0) is 69.5 Å². The number of amides is 2. The van der Waals surface area contributed by atoms with Crippen molar-refractivity contribution in [1.29, 1.82) is 0 Å². The average molecular weight is 543 g/mol. The van der Waals surface area contributed by atoms with E-state index in [2.05, 4.69) is 5.32 Å². The van der Waals surface area contributed by atoms with Crippen molar-refractivity contribution in [1.82, 2.24) is 10.2 Å². The highest BCUT2D eigenvalue weighted by atomic mass is 35.5. The van der Waals surface area contributed by atoms with Gasteiger partial charge in [-0.25, -0.2) is 8.42 Å². The molecule has 0 aromatic heterocycles. The van der Waals surface area contributed by atoms with E-state index in [9.17, 15) is 18.0 Å². The van der Waals surface area contributed by atoms with Gasteiger partial charge in [-0.1, -0.05) is 41.4 Å². The summed E-state index contributed by atoms with van der Waals surface area (Å²) in [6.07, 6.45) is 1.50. The predicted octanol–water partition coefficient (Wildman–Crippen LogP) is 4.79. The van der Waals surface area contributed by atoms with Crippen molar-refractivity contribution in [3.05, 3.63) is 63.6 Å². The molecule has 2 aromatic rings. The fourth-order valence-electron chi connectivity index (χ4n) is 3.61. The number of hydrogen-bond donors (Lipinski definition) is 1. The number of benzene rings is 2. The Bertz CT molecular complexity index is 1160. The van der Waals surface area contributed by atoms with Gasteiger partial charge in [0.05, 0.1) is 22.0 Å². The Balaban J connectivity index is 2.19. The third-order valence-electron chi connectivity index (χ3n) is 5.38. The summed E-state index contributed by atoms with van der Waals surface area (Å²) in [4.78, 5) is 27.5. The summed E-state index contributed by atoms with van der Waals surface area (Å²) >= 11 is 12.2. The molecule has 1 atom stereocenters. The topological polar surface area (TPSA) is 86.8 Å². The third-order valence-corrected chi connectivity index (χ3v) is 7.31. The molecule has 0 radical (unpaired) electrons. The van der Waals surface area contributed by atoms with E-state index < -0.39 is 16.1 Å². The van der Waals surface area contributed by atoms with E-state index in [1.54, 1.807) is 43.3 Å². The molecule has 0 aliphatic carbocycles. The second kappa shape index (κ2) is 12.6. The van der Waals surface area contributed by atoms with Crippen LogP contribution in [0.4, 0.5) is 5.69 Å². The number of carbonyl (C=O) groups excluding carboxylic acids is 2. The molecule has 0 saturated heterocycles. The van der Waals surface area contributed by atoms with E-state index in [0.29, 0.717) is 15.7 Å². The molecule has 10 heteroatoms. The molecule has 0 bridgehead atoms. The molecule has 0 unspecified atom stereocenters. The van der Waals surface area contributed by atoms with Crippen LogP contribution in [-0.2, 0) is 26.2 Å².